The number of hydrogen-bond acceptors (Lipinski definition) is 1. The van der Waals surface area contributed by atoms with Crippen LogP contribution in [-0.2, 0) is 5.41 Å². The van der Waals surface area contributed by atoms with Crippen molar-refractivity contribution >= 4 is 5.78 Å². The summed E-state index contributed by atoms with van der Waals surface area (Å²) >= 11 is 0. The lowest BCUT2D eigenvalue weighted by Crippen LogP contribution is -2.17. The molecule has 0 saturated carbocycles. The largest absolute Gasteiger partial charge is 0.289 e. The van der Waals surface area contributed by atoms with Gasteiger partial charge in [0.15, 0.2) is 5.78 Å². The minimum atomic E-state index is -0.749. The molecule has 2 rings (SSSR count). The summed E-state index contributed by atoms with van der Waals surface area (Å²) in [5.74, 6) is -1.86. The summed E-state index contributed by atoms with van der Waals surface area (Å²) in [7, 11) is 0. The molecule has 0 fully saturated rings. The topological polar surface area (TPSA) is 17.1 Å². The molecule has 1 nitrogen and oxygen atoms in total. The number of carbonyl (C=O) groups excluding carboxylic acids is 1. The molecule has 2 aromatic rings. The van der Waals surface area contributed by atoms with Gasteiger partial charge in [-0.1, -0.05) is 45.0 Å². The van der Waals surface area contributed by atoms with E-state index in [0.717, 1.165) is 23.8 Å². The van der Waals surface area contributed by atoms with Crippen LogP contribution >= 0.6 is 0 Å². The molecule has 0 aromatic heterocycles. The molecular formula is C17H16F2O. The maximum atomic E-state index is 13.2. The molecule has 104 valence electrons. The van der Waals surface area contributed by atoms with Crippen LogP contribution in [0.3, 0.4) is 0 Å². The fourth-order valence-corrected chi connectivity index (χ4v) is 2.18. The number of rotatable bonds is 2. The van der Waals surface area contributed by atoms with Crippen LogP contribution in [-0.4, -0.2) is 5.78 Å². The number of halogens is 2. The first-order valence-corrected chi connectivity index (χ1v) is 6.39. The molecule has 3 heteroatoms. The highest BCUT2D eigenvalue weighted by Gasteiger charge is 2.22. The van der Waals surface area contributed by atoms with E-state index in [0.29, 0.717) is 5.56 Å². The number of hydrogen-bond donors (Lipinski definition) is 0. The van der Waals surface area contributed by atoms with Gasteiger partial charge in [-0.2, -0.15) is 0 Å². The smallest absolute Gasteiger partial charge is 0.193 e. The highest BCUT2D eigenvalue weighted by atomic mass is 19.1. The highest BCUT2D eigenvalue weighted by molar-refractivity contribution is 6.10. The van der Waals surface area contributed by atoms with Gasteiger partial charge in [0.2, 0.25) is 0 Å². The van der Waals surface area contributed by atoms with Crippen LogP contribution in [0.1, 0.15) is 42.3 Å². The van der Waals surface area contributed by atoms with Crippen LogP contribution in [0.5, 0.6) is 0 Å². The summed E-state index contributed by atoms with van der Waals surface area (Å²) in [4.78, 5) is 12.5. The van der Waals surface area contributed by atoms with Gasteiger partial charge in [-0.05, 0) is 23.1 Å². The van der Waals surface area contributed by atoms with Crippen molar-refractivity contribution in [3.05, 3.63) is 70.8 Å². The van der Waals surface area contributed by atoms with Crippen molar-refractivity contribution in [2.24, 2.45) is 0 Å². The lowest BCUT2D eigenvalue weighted by atomic mass is 9.82. The molecule has 0 aliphatic heterocycles. The third-order valence-corrected chi connectivity index (χ3v) is 3.10. The van der Waals surface area contributed by atoms with Gasteiger partial charge in [0.25, 0.3) is 0 Å². The van der Waals surface area contributed by atoms with E-state index >= 15 is 0 Å². The molecule has 0 aliphatic carbocycles. The van der Waals surface area contributed by atoms with Crippen molar-refractivity contribution in [3.63, 3.8) is 0 Å². The molecule has 2 aromatic carbocycles. The summed E-state index contributed by atoms with van der Waals surface area (Å²) in [5.41, 5.74) is 1.14. The molecule has 0 spiro atoms. The molecule has 0 atom stereocenters. The number of carbonyl (C=O) groups is 1. The second-order valence-electron chi connectivity index (χ2n) is 5.78. The molecule has 20 heavy (non-hydrogen) atoms. The molecule has 0 bridgehead atoms. The van der Waals surface area contributed by atoms with Gasteiger partial charge in [0, 0.05) is 17.2 Å². The Bertz CT molecular complexity index is 634. The molecular weight excluding hydrogens is 258 g/mol. The Morgan fingerprint density at radius 2 is 1.50 bits per heavy atom. The molecule has 0 aliphatic rings. The van der Waals surface area contributed by atoms with Gasteiger partial charge < -0.3 is 0 Å². The third-order valence-electron chi connectivity index (χ3n) is 3.10. The van der Waals surface area contributed by atoms with Gasteiger partial charge in [-0.15, -0.1) is 0 Å². The molecule has 0 saturated heterocycles. The number of benzene rings is 2. The Labute approximate surface area is 117 Å². The van der Waals surface area contributed by atoms with Crippen molar-refractivity contribution in [1.82, 2.24) is 0 Å². The van der Waals surface area contributed by atoms with E-state index in [1.165, 1.54) is 0 Å². The van der Waals surface area contributed by atoms with Crippen molar-refractivity contribution in [2.45, 2.75) is 26.2 Å². The lowest BCUT2D eigenvalue weighted by Gasteiger charge is -2.22. The van der Waals surface area contributed by atoms with E-state index in [4.69, 9.17) is 0 Å². The molecule has 0 amide bonds. The van der Waals surface area contributed by atoms with Gasteiger partial charge in [-0.25, -0.2) is 8.78 Å². The van der Waals surface area contributed by atoms with Gasteiger partial charge >= 0.3 is 0 Å². The van der Waals surface area contributed by atoms with E-state index in [2.05, 4.69) is 0 Å². The summed E-state index contributed by atoms with van der Waals surface area (Å²) in [6.45, 7) is 5.97. The minimum Gasteiger partial charge on any atom is -0.289 e. The second kappa shape index (κ2) is 5.16. The van der Waals surface area contributed by atoms with E-state index in [1.54, 1.807) is 12.1 Å². The Kier molecular flexibility index (Phi) is 3.71. The summed E-state index contributed by atoms with van der Waals surface area (Å²) < 4.78 is 26.5. The van der Waals surface area contributed by atoms with Gasteiger partial charge in [-0.3, -0.25) is 4.79 Å². The molecule has 0 N–H and O–H groups in total. The van der Waals surface area contributed by atoms with Crippen molar-refractivity contribution in [1.29, 1.82) is 0 Å². The average Bonchev–Trinajstić information content (AvgIpc) is 2.35. The number of ketones is 1. The predicted octanol–water partition coefficient (Wildman–Crippen LogP) is 4.49. The summed E-state index contributed by atoms with van der Waals surface area (Å²) in [6.07, 6.45) is 0. The molecule has 0 heterocycles. The Morgan fingerprint density at radius 1 is 0.950 bits per heavy atom. The zero-order chi connectivity index (χ0) is 14.9. The predicted molar refractivity (Wildman–Crippen MR) is 74.9 cm³/mol. The fraction of sp³-hybridized carbons (Fsp3) is 0.235. The summed E-state index contributed by atoms with van der Waals surface area (Å²) in [6, 6.07) is 10.0. The zero-order valence-corrected chi connectivity index (χ0v) is 11.7. The van der Waals surface area contributed by atoms with Gasteiger partial charge in [0.1, 0.15) is 11.6 Å². The van der Waals surface area contributed by atoms with E-state index < -0.39 is 11.6 Å². The fourth-order valence-electron chi connectivity index (χ4n) is 2.18. The van der Waals surface area contributed by atoms with Crippen LogP contribution < -0.4 is 0 Å². The molecule has 0 unspecified atom stereocenters. The van der Waals surface area contributed by atoms with E-state index in [-0.39, 0.29) is 16.8 Å². The van der Waals surface area contributed by atoms with Crippen molar-refractivity contribution in [3.8, 4) is 0 Å². The van der Waals surface area contributed by atoms with Crippen molar-refractivity contribution in [2.75, 3.05) is 0 Å². The second-order valence-corrected chi connectivity index (χ2v) is 5.78. The molecule has 0 radical (unpaired) electrons. The Hall–Kier alpha value is -2.03. The van der Waals surface area contributed by atoms with E-state index in [9.17, 15) is 13.6 Å². The summed E-state index contributed by atoms with van der Waals surface area (Å²) in [5, 5.41) is 0. The third kappa shape index (κ3) is 2.93. The first kappa shape index (κ1) is 14.4. The SMILES string of the molecule is CC(C)(C)c1ccccc1C(=O)c1cc(F)cc(F)c1. The first-order chi connectivity index (χ1) is 9.29. The van der Waals surface area contributed by atoms with Crippen LogP contribution in [0.4, 0.5) is 8.78 Å². The Morgan fingerprint density at radius 3 is 2.05 bits per heavy atom. The maximum Gasteiger partial charge on any atom is 0.193 e. The highest BCUT2D eigenvalue weighted by Crippen LogP contribution is 2.27. The lowest BCUT2D eigenvalue weighted by molar-refractivity contribution is 0.103. The van der Waals surface area contributed by atoms with Crippen LogP contribution in [0.2, 0.25) is 0 Å². The van der Waals surface area contributed by atoms with E-state index in [1.807, 2.05) is 32.9 Å². The standard InChI is InChI=1S/C17H16F2O/c1-17(2,3)15-7-5-4-6-14(15)16(20)11-8-12(18)10-13(19)9-11/h4-10H,1-3H3. The monoisotopic (exact) mass is 274 g/mol. The quantitative estimate of drug-likeness (QED) is 0.737. The zero-order valence-electron chi connectivity index (χ0n) is 11.7. The normalized spacial score (nSPS) is 11.4. The van der Waals surface area contributed by atoms with Gasteiger partial charge in [0.05, 0.1) is 0 Å². The minimum absolute atomic E-state index is 0.0270. The average molecular weight is 274 g/mol. The van der Waals surface area contributed by atoms with Crippen LogP contribution in [0.25, 0.3) is 0 Å². The van der Waals surface area contributed by atoms with Crippen molar-refractivity contribution < 1.29 is 13.6 Å². The first-order valence-electron chi connectivity index (χ1n) is 6.39. The Balaban J connectivity index is 2.54. The van der Waals surface area contributed by atoms with Crippen LogP contribution in [0.15, 0.2) is 42.5 Å². The van der Waals surface area contributed by atoms with Crippen LogP contribution in [0, 0.1) is 11.6 Å². The maximum absolute atomic E-state index is 13.2.